The molecule has 0 radical (unpaired) electrons. The van der Waals surface area contributed by atoms with Crippen molar-refractivity contribution in [1.82, 2.24) is 10.2 Å². The maximum absolute atomic E-state index is 3.55. The van der Waals surface area contributed by atoms with E-state index in [4.69, 9.17) is 0 Å². The lowest BCUT2D eigenvalue weighted by molar-refractivity contribution is 0.324. The van der Waals surface area contributed by atoms with Gasteiger partial charge in [0.25, 0.3) is 0 Å². The summed E-state index contributed by atoms with van der Waals surface area (Å²) in [5.41, 5.74) is 1.41. The molecule has 2 rings (SSSR count). The predicted molar refractivity (Wildman–Crippen MR) is 80.2 cm³/mol. The Morgan fingerprint density at radius 1 is 1.28 bits per heavy atom. The van der Waals surface area contributed by atoms with Gasteiger partial charge < -0.3 is 10.2 Å². The van der Waals surface area contributed by atoms with Crippen LogP contribution in [0.3, 0.4) is 0 Å². The third-order valence-corrected chi connectivity index (χ3v) is 4.08. The molecule has 1 aromatic rings. The molecular formula is C15H24N2S. The highest BCUT2D eigenvalue weighted by molar-refractivity contribution is 7.99. The molecule has 0 aliphatic heterocycles. The van der Waals surface area contributed by atoms with Crippen molar-refractivity contribution in [1.29, 1.82) is 0 Å². The molecule has 1 N–H and O–H groups in total. The van der Waals surface area contributed by atoms with E-state index in [0.717, 1.165) is 31.4 Å². The van der Waals surface area contributed by atoms with E-state index in [1.54, 1.807) is 0 Å². The van der Waals surface area contributed by atoms with Crippen LogP contribution in [0.5, 0.6) is 0 Å². The van der Waals surface area contributed by atoms with Crippen molar-refractivity contribution in [3.63, 3.8) is 0 Å². The number of hydrogen-bond acceptors (Lipinski definition) is 3. The third-order valence-electron chi connectivity index (χ3n) is 3.19. The first-order valence-electron chi connectivity index (χ1n) is 6.91. The second-order valence-electron chi connectivity index (χ2n) is 5.04. The molecule has 1 fully saturated rings. The van der Waals surface area contributed by atoms with Gasteiger partial charge in [0.05, 0.1) is 0 Å². The van der Waals surface area contributed by atoms with Crippen LogP contribution in [-0.4, -0.2) is 36.8 Å². The van der Waals surface area contributed by atoms with Gasteiger partial charge in [-0.25, -0.2) is 0 Å². The van der Waals surface area contributed by atoms with Crippen molar-refractivity contribution < 1.29 is 0 Å². The Kier molecular flexibility index (Phi) is 5.54. The van der Waals surface area contributed by atoms with Gasteiger partial charge in [-0.1, -0.05) is 19.1 Å². The van der Waals surface area contributed by atoms with Gasteiger partial charge in [0.15, 0.2) is 0 Å². The topological polar surface area (TPSA) is 15.3 Å². The van der Waals surface area contributed by atoms with Crippen LogP contribution < -0.4 is 5.32 Å². The van der Waals surface area contributed by atoms with Crippen LogP contribution in [0.15, 0.2) is 29.2 Å². The van der Waals surface area contributed by atoms with E-state index < -0.39 is 0 Å². The van der Waals surface area contributed by atoms with E-state index in [0.29, 0.717) is 0 Å². The summed E-state index contributed by atoms with van der Waals surface area (Å²) in [6, 6.07) is 9.80. The zero-order chi connectivity index (χ0) is 12.8. The first-order chi connectivity index (χ1) is 8.78. The molecular weight excluding hydrogens is 240 g/mol. The van der Waals surface area contributed by atoms with Crippen molar-refractivity contribution in [2.75, 3.05) is 25.9 Å². The highest BCUT2D eigenvalue weighted by atomic mass is 32.2. The molecule has 1 aliphatic rings. The van der Waals surface area contributed by atoms with Crippen molar-refractivity contribution in [3.8, 4) is 0 Å². The zero-order valence-corrected chi connectivity index (χ0v) is 12.3. The van der Waals surface area contributed by atoms with E-state index in [1.807, 2.05) is 11.8 Å². The number of rotatable bonds is 8. The minimum atomic E-state index is 0.823. The first-order valence-corrected chi connectivity index (χ1v) is 7.90. The lowest BCUT2D eigenvalue weighted by Gasteiger charge is -2.17. The average Bonchev–Trinajstić information content (AvgIpc) is 3.16. The number of hydrogen-bond donors (Lipinski definition) is 1. The molecule has 0 unspecified atom stereocenters. The Morgan fingerprint density at radius 3 is 2.61 bits per heavy atom. The number of nitrogens with one attached hydrogen (secondary N) is 1. The quantitative estimate of drug-likeness (QED) is 0.727. The van der Waals surface area contributed by atoms with Crippen molar-refractivity contribution in [3.05, 3.63) is 29.8 Å². The Bertz CT molecular complexity index is 346. The van der Waals surface area contributed by atoms with Gasteiger partial charge in [0, 0.05) is 30.6 Å². The normalized spacial score (nSPS) is 15.3. The molecule has 0 amide bonds. The van der Waals surface area contributed by atoms with E-state index in [9.17, 15) is 0 Å². The van der Waals surface area contributed by atoms with Crippen molar-refractivity contribution in [2.45, 2.75) is 37.2 Å². The molecule has 0 bridgehead atoms. The largest absolute Gasteiger partial charge is 0.313 e. The lowest BCUT2D eigenvalue weighted by atomic mass is 10.2. The molecule has 0 spiro atoms. The second kappa shape index (κ2) is 7.17. The van der Waals surface area contributed by atoms with Crippen LogP contribution in [0, 0.1) is 0 Å². The molecule has 0 saturated heterocycles. The molecule has 100 valence electrons. The summed E-state index contributed by atoms with van der Waals surface area (Å²) in [7, 11) is 2.20. The molecule has 0 heterocycles. The third kappa shape index (κ3) is 5.01. The van der Waals surface area contributed by atoms with Crippen LogP contribution in [-0.2, 0) is 6.54 Å². The molecule has 1 aromatic carbocycles. The summed E-state index contributed by atoms with van der Waals surface area (Å²) in [6.45, 7) is 5.48. The first kappa shape index (κ1) is 13.9. The van der Waals surface area contributed by atoms with Crippen molar-refractivity contribution >= 4 is 11.8 Å². The maximum Gasteiger partial charge on any atom is 0.0231 e. The van der Waals surface area contributed by atoms with Crippen LogP contribution in [0.2, 0.25) is 0 Å². The standard InChI is InChI=1S/C15H24N2S/c1-3-18-15-8-4-13(5-9-15)12-17(2)11-10-16-14-6-7-14/h4-5,8-9,14,16H,3,6-7,10-12H2,1-2H3. The summed E-state index contributed by atoms with van der Waals surface area (Å²) in [4.78, 5) is 3.76. The Balaban J connectivity index is 1.69. The Morgan fingerprint density at radius 2 is 2.00 bits per heavy atom. The molecule has 1 saturated carbocycles. The van der Waals surface area contributed by atoms with Gasteiger partial charge >= 0.3 is 0 Å². The second-order valence-corrected chi connectivity index (χ2v) is 6.38. The maximum atomic E-state index is 3.55. The van der Waals surface area contributed by atoms with Gasteiger partial charge in [0.1, 0.15) is 0 Å². The zero-order valence-electron chi connectivity index (χ0n) is 11.5. The van der Waals surface area contributed by atoms with Gasteiger partial charge in [-0.05, 0) is 43.3 Å². The molecule has 0 aromatic heterocycles. The predicted octanol–water partition coefficient (Wildman–Crippen LogP) is 2.98. The SMILES string of the molecule is CCSc1ccc(CN(C)CCNC2CC2)cc1. The smallest absolute Gasteiger partial charge is 0.0231 e. The summed E-state index contributed by atoms with van der Waals surface area (Å²) < 4.78 is 0. The van der Waals surface area contributed by atoms with E-state index in [2.05, 4.69) is 48.5 Å². The van der Waals surface area contributed by atoms with E-state index in [1.165, 1.54) is 23.3 Å². The van der Waals surface area contributed by atoms with Gasteiger partial charge in [-0.2, -0.15) is 0 Å². The lowest BCUT2D eigenvalue weighted by Crippen LogP contribution is -2.30. The van der Waals surface area contributed by atoms with E-state index in [-0.39, 0.29) is 0 Å². The fourth-order valence-electron chi connectivity index (χ4n) is 2.00. The van der Waals surface area contributed by atoms with Crippen LogP contribution in [0.25, 0.3) is 0 Å². The van der Waals surface area contributed by atoms with Crippen LogP contribution >= 0.6 is 11.8 Å². The highest BCUT2D eigenvalue weighted by Gasteiger charge is 2.19. The minimum Gasteiger partial charge on any atom is -0.313 e. The molecule has 3 heteroatoms. The number of thioether (sulfide) groups is 1. The van der Waals surface area contributed by atoms with Gasteiger partial charge in [-0.15, -0.1) is 11.8 Å². The number of benzene rings is 1. The van der Waals surface area contributed by atoms with E-state index >= 15 is 0 Å². The van der Waals surface area contributed by atoms with Crippen LogP contribution in [0.4, 0.5) is 0 Å². The van der Waals surface area contributed by atoms with Crippen LogP contribution in [0.1, 0.15) is 25.3 Å². The fraction of sp³-hybridized carbons (Fsp3) is 0.600. The number of nitrogens with zero attached hydrogens (tertiary/aromatic N) is 1. The average molecular weight is 264 g/mol. The van der Waals surface area contributed by atoms with Gasteiger partial charge in [-0.3, -0.25) is 0 Å². The summed E-state index contributed by atoms with van der Waals surface area (Å²) >= 11 is 1.90. The number of likely N-dealkylation sites (N-methyl/N-ethyl adjacent to an activating group) is 1. The molecule has 18 heavy (non-hydrogen) atoms. The molecule has 2 nitrogen and oxygen atoms in total. The minimum absolute atomic E-state index is 0.823. The Labute approximate surface area is 115 Å². The summed E-state index contributed by atoms with van der Waals surface area (Å²) in [5.74, 6) is 1.14. The van der Waals surface area contributed by atoms with Crippen molar-refractivity contribution in [2.24, 2.45) is 0 Å². The highest BCUT2D eigenvalue weighted by Crippen LogP contribution is 2.19. The molecule has 1 aliphatic carbocycles. The van der Waals surface area contributed by atoms with Gasteiger partial charge in [0.2, 0.25) is 0 Å². The Hall–Kier alpha value is -0.510. The monoisotopic (exact) mass is 264 g/mol. The summed E-state index contributed by atoms with van der Waals surface area (Å²) in [5, 5.41) is 3.55. The fourth-order valence-corrected chi connectivity index (χ4v) is 2.66. The molecule has 0 atom stereocenters. The summed E-state index contributed by atoms with van der Waals surface area (Å²) in [6.07, 6.45) is 2.75.